The zero-order valence-corrected chi connectivity index (χ0v) is 12.7. The van der Waals surface area contributed by atoms with Crippen molar-refractivity contribution in [2.45, 2.75) is 6.92 Å². The SMILES string of the molecule is CCOC(=O)c1c(-c2cccc(F)c2)[nH]c2ccc(F)cc2c1=O. The van der Waals surface area contributed by atoms with Gasteiger partial charge in [-0.3, -0.25) is 4.79 Å². The highest BCUT2D eigenvalue weighted by Crippen LogP contribution is 2.24. The van der Waals surface area contributed by atoms with E-state index in [0.29, 0.717) is 11.1 Å². The Morgan fingerprint density at radius 1 is 1.12 bits per heavy atom. The van der Waals surface area contributed by atoms with Crippen molar-refractivity contribution in [1.29, 1.82) is 0 Å². The number of carbonyl (C=O) groups excluding carboxylic acids is 1. The Kier molecular flexibility index (Phi) is 4.12. The second-order valence-corrected chi connectivity index (χ2v) is 5.12. The number of hydrogen-bond acceptors (Lipinski definition) is 3. The number of hydrogen-bond donors (Lipinski definition) is 1. The van der Waals surface area contributed by atoms with Gasteiger partial charge >= 0.3 is 5.97 Å². The Labute approximate surface area is 135 Å². The molecule has 3 aromatic rings. The molecule has 0 amide bonds. The van der Waals surface area contributed by atoms with E-state index >= 15 is 0 Å². The molecule has 0 saturated carbocycles. The monoisotopic (exact) mass is 329 g/mol. The van der Waals surface area contributed by atoms with E-state index < -0.39 is 23.0 Å². The molecule has 1 aromatic heterocycles. The van der Waals surface area contributed by atoms with Crippen molar-refractivity contribution in [3.63, 3.8) is 0 Å². The number of aromatic amines is 1. The summed E-state index contributed by atoms with van der Waals surface area (Å²) in [6.07, 6.45) is 0. The molecule has 0 aliphatic carbocycles. The lowest BCUT2D eigenvalue weighted by Gasteiger charge is -2.11. The standard InChI is InChI=1S/C18H13F2NO3/c1-2-24-18(23)15-16(10-4-3-5-11(19)8-10)21-14-7-6-12(20)9-13(14)17(15)22/h3-9H,2H2,1H3,(H,21,22). The van der Waals surface area contributed by atoms with Crippen molar-refractivity contribution in [3.05, 3.63) is 69.9 Å². The van der Waals surface area contributed by atoms with Crippen LogP contribution in [-0.4, -0.2) is 17.6 Å². The van der Waals surface area contributed by atoms with Gasteiger partial charge < -0.3 is 9.72 Å². The number of carbonyl (C=O) groups is 1. The first-order chi connectivity index (χ1) is 11.5. The van der Waals surface area contributed by atoms with Crippen LogP contribution in [0, 0.1) is 11.6 Å². The third-order valence-corrected chi connectivity index (χ3v) is 3.56. The van der Waals surface area contributed by atoms with E-state index in [9.17, 15) is 18.4 Å². The summed E-state index contributed by atoms with van der Waals surface area (Å²) < 4.78 is 31.9. The molecule has 0 saturated heterocycles. The maximum Gasteiger partial charge on any atom is 0.344 e. The molecule has 122 valence electrons. The summed E-state index contributed by atoms with van der Waals surface area (Å²) in [4.78, 5) is 27.9. The lowest BCUT2D eigenvalue weighted by Crippen LogP contribution is -2.20. The van der Waals surface area contributed by atoms with Crippen LogP contribution in [0.25, 0.3) is 22.2 Å². The maximum absolute atomic E-state index is 13.5. The molecular formula is C18H13F2NO3. The number of halogens is 2. The average molecular weight is 329 g/mol. The molecule has 0 fully saturated rings. The summed E-state index contributed by atoms with van der Waals surface area (Å²) in [5.74, 6) is -1.95. The van der Waals surface area contributed by atoms with Gasteiger partial charge in [-0.2, -0.15) is 0 Å². The Bertz CT molecular complexity index is 995. The van der Waals surface area contributed by atoms with E-state index in [2.05, 4.69) is 4.98 Å². The van der Waals surface area contributed by atoms with Gasteiger partial charge in [0.2, 0.25) is 5.43 Å². The predicted molar refractivity (Wildman–Crippen MR) is 85.9 cm³/mol. The lowest BCUT2D eigenvalue weighted by atomic mass is 10.0. The predicted octanol–water partition coefficient (Wildman–Crippen LogP) is 3.65. The van der Waals surface area contributed by atoms with Crippen LogP contribution in [0.2, 0.25) is 0 Å². The topological polar surface area (TPSA) is 59.2 Å². The highest BCUT2D eigenvalue weighted by molar-refractivity contribution is 6.00. The zero-order valence-electron chi connectivity index (χ0n) is 12.7. The van der Waals surface area contributed by atoms with E-state index in [0.717, 1.165) is 6.07 Å². The van der Waals surface area contributed by atoms with E-state index in [1.54, 1.807) is 13.0 Å². The largest absolute Gasteiger partial charge is 0.462 e. The molecule has 3 rings (SSSR count). The van der Waals surface area contributed by atoms with Gasteiger partial charge in [0.1, 0.15) is 17.2 Å². The second kappa shape index (κ2) is 6.23. The van der Waals surface area contributed by atoms with Gasteiger partial charge in [-0.1, -0.05) is 12.1 Å². The highest BCUT2D eigenvalue weighted by atomic mass is 19.1. The van der Waals surface area contributed by atoms with Crippen LogP contribution >= 0.6 is 0 Å². The van der Waals surface area contributed by atoms with Crippen LogP contribution in [0.1, 0.15) is 17.3 Å². The molecule has 24 heavy (non-hydrogen) atoms. The molecule has 0 spiro atoms. The molecule has 6 heteroatoms. The van der Waals surface area contributed by atoms with Crippen molar-refractivity contribution in [3.8, 4) is 11.3 Å². The van der Waals surface area contributed by atoms with Gasteiger partial charge in [-0.15, -0.1) is 0 Å². The first-order valence-electron chi connectivity index (χ1n) is 7.30. The molecular weight excluding hydrogens is 316 g/mol. The van der Waals surface area contributed by atoms with Crippen molar-refractivity contribution < 1.29 is 18.3 Å². The van der Waals surface area contributed by atoms with Gasteiger partial charge in [-0.25, -0.2) is 13.6 Å². The normalized spacial score (nSPS) is 10.8. The van der Waals surface area contributed by atoms with E-state index in [-0.39, 0.29) is 23.3 Å². The quantitative estimate of drug-likeness (QED) is 0.746. The third kappa shape index (κ3) is 2.78. The fraction of sp³-hybridized carbons (Fsp3) is 0.111. The molecule has 0 bridgehead atoms. The molecule has 1 N–H and O–H groups in total. The number of ether oxygens (including phenoxy) is 1. The van der Waals surface area contributed by atoms with Crippen LogP contribution in [0.5, 0.6) is 0 Å². The van der Waals surface area contributed by atoms with Crippen LogP contribution in [0.3, 0.4) is 0 Å². The van der Waals surface area contributed by atoms with Crippen molar-refractivity contribution in [1.82, 2.24) is 4.98 Å². The van der Waals surface area contributed by atoms with Gasteiger partial charge in [-0.05, 0) is 37.3 Å². The molecule has 0 aliphatic rings. The summed E-state index contributed by atoms with van der Waals surface area (Å²) in [5, 5.41) is 0.0261. The summed E-state index contributed by atoms with van der Waals surface area (Å²) in [7, 11) is 0. The summed E-state index contributed by atoms with van der Waals surface area (Å²) in [6, 6.07) is 9.11. The van der Waals surface area contributed by atoms with Crippen molar-refractivity contribution in [2.24, 2.45) is 0 Å². The second-order valence-electron chi connectivity index (χ2n) is 5.12. The average Bonchev–Trinajstić information content (AvgIpc) is 2.55. The summed E-state index contributed by atoms with van der Waals surface area (Å²) in [6.45, 7) is 1.68. The minimum absolute atomic E-state index is 0.0261. The first kappa shape index (κ1) is 15.9. The number of nitrogens with one attached hydrogen (secondary N) is 1. The van der Waals surface area contributed by atoms with Crippen LogP contribution in [-0.2, 0) is 4.74 Å². The fourth-order valence-electron chi connectivity index (χ4n) is 2.52. The first-order valence-corrected chi connectivity index (χ1v) is 7.30. The molecule has 0 radical (unpaired) electrons. The molecule has 0 atom stereocenters. The molecule has 1 heterocycles. The van der Waals surface area contributed by atoms with Crippen LogP contribution in [0.15, 0.2) is 47.3 Å². The lowest BCUT2D eigenvalue weighted by molar-refractivity contribution is 0.0525. The number of benzene rings is 2. The number of rotatable bonds is 3. The molecule has 4 nitrogen and oxygen atoms in total. The number of esters is 1. The zero-order chi connectivity index (χ0) is 17.3. The van der Waals surface area contributed by atoms with E-state index in [1.807, 2.05) is 0 Å². The molecule has 0 aliphatic heterocycles. The summed E-state index contributed by atoms with van der Waals surface area (Å²) in [5.41, 5.74) is -0.145. The van der Waals surface area contributed by atoms with E-state index in [4.69, 9.17) is 4.74 Å². The van der Waals surface area contributed by atoms with Crippen LogP contribution in [0.4, 0.5) is 8.78 Å². The van der Waals surface area contributed by atoms with Crippen molar-refractivity contribution >= 4 is 16.9 Å². The number of pyridine rings is 1. The molecule has 2 aromatic carbocycles. The minimum Gasteiger partial charge on any atom is -0.462 e. The van der Waals surface area contributed by atoms with Gasteiger partial charge in [0.25, 0.3) is 0 Å². The van der Waals surface area contributed by atoms with Crippen LogP contribution < -0.4 is 5.43 Å². The Hall–Kier alpha value is -3.02. The third-order valence-electron chi connectivity index (χ3n) is 3.56. The number of H-pyrrole nitrogens is 1. The van der Waals surface area contributed by atoms with Gasteiger partial charge in [0.15, 0.2) is 0 Å². The fourth-order valence-corrected chi connectivity index (χ4v) is 2.52. The minimum atomic E-state index is -0.843. The van der Waals surface area contributed by atoms with E-state index in [1.165, 1.54) is 30.3 Å². The summed E-state index contributed by atoms with van der Waals surface area (Å²) >= 11 is 0. The number of fused-ring (bicyclic) bond motifs is 1. The van der Waals surface area contributed by atoms with Gasteiger partial charge in [0, 0.05) is 16.5 Å². The highest BCUT2D eigenvalue weighted by Gasteiger charge is 2.21. The van der Waals surface area contributed by atoms with Crippen molar-refractivity contribution in [2.75, 3.05) is 6.61 Å². The Morgan fingerprint density at radius 3 is 2.58 bits per heavy atom. The molecule has 0 unspecified atom stereocenters. The number of aromatic nitrogens is 1. The Balaban J connectivity index is 2.38. The maximum atomic E-state index is 13.5. The smallest absolute Gasteiger partial charge is 0.344 e. The van der Waals surface area contributed by atoms with Gasteiger partial charge in [0.05, 0.1) is 12.3 Å². The Morgan fingerprint density at radius 2 is 1.88 bits per heavy atom.